The topological polar surface area (TPSA) is 86.4 Å². The molecule has 9 aromatic rings. The van der Waals surface area contributed by atoms with Gasteiger partial charge in [0.1, 0.15) is 0 Å². The van der Waals surface area contributed by atoms with Gasteiger partial charge in [0, 0.05) is 44.3 Å². The van der Waals surface area contributed by atoms with Crippen LogP contribution in [-0.4, -0.2) is 26.4 Å². The van der Waals surface area contributed by atoms with E-state index in [9.17, 15) is 10.8 Å². The lowest BCUT2D eigenvalue weighted by atomic mass is 9.82. The minimum atomic E-state index is 0.181. The van der Waals surface area contributed by atoms with Gasteiger partial charge < -0.3 is 0 Å². The fourth-order valence-corrected chi connectivity index (χ4v) is 7.76. The molecule has 1 aliphatic rings. The van der Waals surface area contributed by atoms with Gasteiger partial charge in [-0.05, 0) is 46.0 Å². The second kappa shape index (κ2) is 14.6. The zero-order valence-electron chi connectivity index (χ0n) is 31.4. The Morgan fingerprint density at radius 3 is 1.33 bits per heavy atom. The van der Waals surface area contributed by atoms with Crippen LogP contribution in [0.3, 0.4) is 0 Å². The van der Waals surface area contributed by atoms with Crippen LogP contribution in [0.15, 0.2) is 194 Å². The summed E-state index contributed by atoms with van der Waals surface area (Å²) in [4.78, 5) is 15.3. The zero-order chi connectivity index (χ0) is 39.0. The molecule has 272 valence electrons. The third kappa shape index (κ3) is 6.41. The summed E-state index contributed by atoms with van der Waals surface area (Å²) in [5.41, 5.74) is 15.1. The van der Waals surface area contributed by atoms with Crippen molar-refractivity contribution in [3.05, 3.63) is 211 Å². The number of allylic oxidation sites excluding steroid dienone is 1. The fourth-order valence-electron chi connectivity index (χ4n) is 7.76. The summed E-state index contributed by atoms with van der Waals surface area (Å²) in [5, 5.41) is 19.4. The Labute approximate surface area is 336 Å². The number of aromatic nitrogens is 3. The summed E-state index contributed by atoms with van der Waals surface area (Å²) in [6.07, 6.45) is 2.03. The van der Waals surface area contributed by atoms with E-state index < -0.39 is 0 Å². The lowest BCUT2D eigenvalue weighted by Gasteiger charge is -2.23. The van der Waals surface area contributed by atoms with E-state index >= 15 is 0 Å². The van der Waals surface area contributed by atoms with Crippen LogP contribution >= 0.6 is 0 Å². The summed E-state index contributed by atoms with van der Waals surface area (Å²) in [7, 11) is 0. The molecule has 7 aromatic carbocycles. The molecule has 0 fully saturated rings. The summed E-state index contributed by atoms with van der Waals surface area (Å²) < 4.78 is 0. The number of para-hydroxylation sites is 1. The molecule has 0 saturated carbocycles. The standard InChI is InChI=1S/C53H35N5/c54-50-44(32-45-49(51(50)55)43-18-10-11-19-46(43)56-52(45)41-16-8-3-9-17-41)38-24-28-40(29-25-38)48-33-47(39-26-20-36(21-27-39)34-12-4-1-5-13-34)57-53(58-48)42-30-22-37(23-31-42)35-14-6-2-7-15-35/h1-33,54-55H. The maximum absolute atomic E-state index is 9.30. The van der Waals surface area contributed by atoms with Crippen molar-refractivity contribution in [1.82, 2.24) is 15.0 Å². The van der Waals surface area contributed by atoms with Crippen molar-refractivity contribution in [2.75, 3.05) is 0 Å². The number of nitrogens with zero attached hydrogens (tertiary/aromatic N) is 3. The number of nitrogens with one attached hydrogen (secondary N) is 2. The van der Waals surface area contributed by atoms with Crippen LogP contribution < -0.4 is 0 Å². The Morgan fingerprint density at radius 1 is 0.345 bits per heavy atom. The van der Waals surface area contributed by atoms with Gasteiger partial charge in [-0.2, -0.15) is 0 Å². The van der Waals surface area contributed by atoms with E-state index in [1.165, 1.54) is 0 Å². The number of hydrogen-bond acceptors (Lipinski definition) is 5. The molecular weight excluding hydrogens is 707 g/mol. The summed E-state index contributed by atoms with van der Waals surface area (Å²) >= 11 is 0. The van der Waals surface area contributed by atoms with Crippen LogP contribution in [0.25, 0.3) is 90.0 Å². The summed E-state index contributed by atoms with van der Waals surface area (Å²) in [6, 6.07) is 65.8. The first-order chi connectivity index (χ1) is 28.6. The predicted molar refractivity (Wildman–Crippen MR) is 239 cm³/mol. The Morgan fingerprint density at radius 2 is 0.776 bits per heavy atom. The molecule has 58 heavy (non-hydrogen) atoms. The second-order valence-electron chi connectivity index (χ2n) is 14.4. The van der Waals surface area contributed by atoms with Crippen LogP contribution in [0.2, 0.25) is 0 Å². The molecule has 5 nitrogen and oxygen atoms in total. The van der Waals surface area contributed by atoms with E-state index in [1.807, 2.05) is 115 Å². The van der Waals surface area contributed by atoms with E-state index in [0.717, 1.165) is 89.2 Å². The first-order valence-corrected chi connectivity index (χ1v) is 19.3. The number of benzene rings is 7. The van der Waals surface area contributed by atoms with Crippen molar-refractivity contribution in [1.29, 1.82) is 10.8 Å². The highest BCUT2D eigenvalue weighted by atomic mass is 14.9. The molecule has 0 atom stereocenters. The molecule has 2 aromatic heterocycles. The molecule has 0 amide bonds. The van der Waals surface area contributed by atoms with Crippen LogP contribution in [-0.2, 0) is 0 Å². The molecular formula is C53H35N5. The Kier molecular flexibility index (Phi) is 8.73. The van der Waals surface area contributed by atoms with E-state index in [2.05, 4.69) is 84.9 Å². The highest BCUT2D eigenvalue weighted by molar-refractivity contribution is 6.64. The van der Waals surface area contributed by atoms with Gasteiger partial charge in [0.15, 0.2) is 5.82 Å². The first-order valence-electron chi connectivity index (χ1n) is 19.3. The quantitative estimate of drug-likeness (QED) is 0.170. The van der Waals surface area contributed by atoms with E-state index in [0.29, 0.717) is 11.4 Å². The lowest BCUT2D eigenvalue weighted by Crippen LogP contribution is -2.21. The minimum Gasteiger partial charge on any atom is -0.298 e. The summed E-state index contributed by atoms with van der Waals surface area (Å²) in [5.74, 6) is 0.637. The van der Waals surface area contributed by atoms with Crippen LogP contribution in [0, 0.1) is 10.8 Å². The first kappa shape index (κ1) is 34.6. The van der Waals surface area contributed by atoms with Gasteiger partial charge in [0.05, 0.1) is 34.0 Å². The number of hydrogen-bond donors (Lipinski definition) is 2. The maximum Gasteiger partial charge on any atom is 0.160 e. The van der Waals surface area contributed by atoms with E-state index in [1.54, 1.807) is 0 Å². The normalized spacial score (nSPS) is 12.3. The molecule has 0 spiro atoms. The SMILES string of the molecule is N=C1C(=N)c2c(c(-c3ccccc3)nc3ccccc23)C=C1c1ccc(-c2cc(-c3ccc(-c4ccccc4)cc3)nc(-c3ccc(-c4ccccc4)cc3)n2)cc1. The maximum atomic E-state index is 9.30. The molecule has 5 heteroatoms. The smallest absolute Gasteiger partial charge is 0.160 e. The van der Waals surface area contributed by atoms with E-state index in [-0.39, 0.29) is 11.4 Å². The average molecular weight is 742 g/mol. The van der Waals surface area contributed by atoms with E-state index in [4.69, 9.17) is 15.0 Å². The Balaban J connectivity index is 1.05. The second-order valence-corrected chi connectivity index (χ2v) is 14.4. The highest BCUT2D eigenvalue weighted by Crippen LogP contribution is 2.38. The number of fused-ring (bicyclic) bond motifs is 3. The van der Waals surface area contributed by atoms with Crippen LogP contribution in [0.5, 0.6) is 0 Å². The van der Waals surface area contributed by atoms with Gasteiger partial charge >= 0.3 is 0 Å². The van der Waals surface area contributed by atoms with Crippen molar-refractivity contribution >= 4 is 34.0 Å². The molecule has 10 rings (SSSR count). The van der Waals surface area contributed by atoms with Gasteiger partial charge in [-0.1, -0.05) is 182 Å². The molecule has 0 unspecified atom stereocenters. The van der Waals surface area contributed by atoms with Crippen molar-refractivity contribution in [3.8, 4) is 67.4 Å². The predicted octanol–water partition coefficient (Wildman–Crippen LogP) is 13.0. The summed E-state index contributed by atoms with van der Waals surface area (Å²) in [6.45, 7) is 0. The minimum absolute atomic E-state index is 0.181. The van der Waals surface area contributed by atoms with Gasteiger partial charge in [-0.25, -0.2) is 15.0 Å². The van der Waals surface area contributed by atoms with Crippen LogP contribution in [0.1, 0.15) is 16.7 Å². The van der Waals surface area contributed by atoms with Gasteiger partial charge in [-0.3, -0.25) is 10.8 Å². The van der Waals surface area contributed by atoms with Crippen molar-refractivity contribution < 1.29 is 0 Å². The third-order valence-corrected chi connectivity index (χ3v) is 10.8. The number of pyridine rings is 1. The van der Waals surface area contributed by atoms with Crippen molar-refractivity contribution in [3.63, 3.8) is 0 Å². The number of rotatable bonds is 7. The third-order valence-electron chi connectivity index (χ3n) is 10.8. The lowest BCUT2D eigenvalue weighted by molar-refractivity contribution is 1.18. The highest BCUT2D eigenvalue weighted by Gasteiger charge is 2.28. The van der Waals surface area contributed by atoms with Crippen molar-refractivity contribution in [2.24, 2.45) is 0 Å². The van der Waals surface area contributed by atoms with Crippen molar-refractivity contribution in [2.45, 2.75) is 0 Å². The molecule has 2 N–H and O–H groups in total. The molecule has 2 heterocycles. The van der Waals surface area contributed by atoms with Crippen LogP contribution in [0.4, 0.5) is 0 Å². The largest absolute Gasteiger partial charge is 0.298 e. The zero-order valence-corrected chi connectivity index (χ0v) is 31.4. The van der Waals surface area contributed by atoms with Gasteiger partial charge in [-0.15, -0.1) is 0 Å². The Bertz CT molecular complexity index is 2930. The Hall–Kier alpha value is -7.89. The molecule has 1 aliphatic carbocycles. The molecule has 0 radical (unpaired) electrons. The molecule has 0 bridgehead atoms. The molecule has 0 saturated heterocycles. The average Bonchev–Trinajstić information content (AvgIpc) is 3.30. The van der Waals surface area contributed by atoms with Gasteiger partial charge in [0.2, 0.25) is 0 Å². The fraction of sp³-hybridized carbons (Fsp3) is 0. The van der Waals surface area contributed by atoms with Gasteiger partial charge in [0.25, 0.3) is 0 Å². The monoisotopic (exact) mass is 741 g/mol. The molecule has 0 aliphatic heterocycles.